The van der Waals surface area contributed by atoms with Crippen LogP contribution in [-0.2, 0) is 6.42 Å². The number of hydrogen-bond donors (Lipinski definition) is 1. The molecule has 2 unspecified atom stereocenters. The maximum absolute atomic E-state index is 3.74. The highest BCUT2D eigenvalue weighted by molar-refractivity contribution is 7.09. The Kier molecular flexibility index (Phi) is 4.00. The number of aryl methyl sites for hydroxylation is 1. The lowest BCUT2D eigenvalue weighted by atomic mass is 9.78. The van der Waals surface area contributed by atoms with E-state index in [4.69, 9.17) is 0 Å². The molecule has 0 radical (unpaired) electrons. The average molecular weight is 277 g/mol. The summed E-state index contributed by atoms with van der Waals surface area (Å²) in [5, 5.41) is 5.96. The van der Waals surface area contributed by atoms with Gasteiger partial charge >= 0.3 is 0 Å². The minimum Gasteiger partial charge on any atom is -0.316 e. The molecule has 0 aliphatic heterocycles. The van der Waals surface area contributed by atoms with Crippen LogP contribution in [0.25, 0.3) is 0 Å². The van der Waals surface area contributed by atoms with E-state index in [9.17, 15) is 0 Å². The molecule has 1 aromatic heterocycles. The molecular formula is C17H27NS. The highest BCUT2D eigenvalue weighted by atomic mass is 32.1. The molecule has 106 valence electrons. The van der Waals surface area contributed by atoms with Gasteiger partial charge in [-0.15, -0.1) is 11.3 Å². The van der Waals surface area contributed by atoms with Crippen LogP contribution in [0.1, 0.15) is 44.4 Å². The maximum Gasteiger partial charge on any atom is 0.00454 e. The Bertz CT molecular complexity index is 385. The molecule has 0 saturated heterocycles. The predicted molar refractivity (Wildman–Crippen MR) is 83.6 cm³/mol. The molecule has 3 rings (SSSR count). The first-order chi connectivity index (χ1) is 9.17. The largest absolute Gasteiger partial charge is 0.316 e. The summed E-state index contributed by atoms with van der Waals surface area (Å²) < 4.78 is 0. The Balaban J connectivity index is 1.54. The van der Waals surface area contributed by atoms with Gasteiger partial charge in [0.25, 0.3) is 0 Å². The van der Waals surface area contributed by atoms with Crippen LogP contribution in [-0.4, -0.2) is 13.1 Å². The number of hydrogen-bond acceptors (Lipinski definition) is 2. The molecular weight excluding hydrogens is 250 g/mol. The van der Waals surface area contributed by atoms with Gasteiger partial charge < -0.3 is 5.32 Å². The lowest BCUT2D eigenvalue weighted by Gasteiger charge is -2.32. The van der Waals surface area contributed by atoms with Gasteiger partial charge in [-0.1, -0.05) is 19.9 Å². The average Bonchev–Trinajstić information content (AvgIpc) is 2.83. The molecule has 0 amide bonds. The van der Waals surface area contributed by atoms with Crippen molar-refractivity contribution in [1.82, 2.24) is 5.32 Å². The van der Waals surface area contributed by atoms with E-state index in [1.54, 1.807) is 4.88 Å². The molecule has 2 saturated carbocycles. The molecule has 1 heterocycles. The van der Waals surface area contributed by atoms with Crippen molar-refractivity contribution in [2.24, 2.45) is 23.2 Å². The lowest BCUT2D eigenvalue weighted by molar-refractivity contribution is 0.228. The summed E-state index contributed by atoms with van der Waals surface area (Å²) in [5.41, 5.74) is 0.618. The summed E-state index contributed by atoms with van der Waals surface area (Å²) in [6.07, 6.45) is 7.21. The van der Waals surface area contributed by atoms with Gasteiger partial charge in [-0.05, 0) is 73.3 Å². The summed E-state index contributed by atoms with van der Waals surface area (Å²) >= 11 is 1.93. The van der Waals surface area contributed by atoms with Gasteiger partial charge in [-0.2, -0.15) is 0 Å². The standard InChI is InChI=1S/C17H27NS/c1-13(2)11-18-12-17(9-14-8-15(14)10-17)6-5-16-4-3-7-19-16/h3-4,7,13-15,18H,5-6,8-12H2,1-2H3. The van der Waals surface area contributed by atoms with E-state index >= 15 is 0 Å². The summed E-state index contributed by atoms with van der Waals surface area (Å²) in [7, 11) is 0. The molecule has 19 heavy (non-hydrogen) atoms. The fraction of sp³-hybridized carbons (Fsp3) is 0.765. The summed E-state index contributed by atoms with van der Waals surface area (Å²) in [5.74, 6) is 2.94. The highest BCUT2D eigenvalue weighted by Gasteiger charge is 2.52. The Labute approximate surface area is 121 Å². The number of thiophene rings is 1. The highest BCUT2D eigenvalue weighted by Crippen LogP contribution is 2.61. The van der Waals surface area contributed by atoms with Crippen molar-refractivity contribution in [3.8, 4) is 0 Å². The zero-order valence-electron chi connectivity index (χ0n) is 12.3. The SMILES string of the molecule is CC(C)CNCC1(CCc2cccs2)CC2CC2C1. The third-order valence-electron chi connectivity index (χ3n) is 4.99. The summed E-state index contributed by atoms with van der Waals surface area (Å²) in [6, 6.07) is 4.49. The molecule has 2 aliphatic rings. The zero-order chi connectivity index (χ0) is 13.3. The predicted octanol–water partition coefficient (Wildman–Crippen LogP) is 4.34. The van der Waals surface area contributed by atoms with Gasteiger partial charge in [0.05, 0.1) is 0 Å². The van der Waals surface area contributed by atoms with E-state index in [1.807, 2.05) is 11.3 Å². The van der Waals surface area contributed by atoms with Crippen LogP contribution in [0.15, 0.2) is 17.5 Å². The Morgan fingerprint density at radius 3 is 2.79 bits per heavy atom. The Morgan fingerprint density at radius 1 is 1.37 bits per heavy atom. The van der Waals surface area contributed by atoms with Crippen LogP contribution in [0.3, 0.4) is 0 Å². The van der Waals surface area contributed by atoms with Crippen LogP contribution >= 0.6 is 11.3 Å². The van der Waals surface area contributed by atoms with Crippen molar-refractivity contribution in [1.29, 1.82) is 0 Å². The number of rotatable bonds is 7. The van der Waals surface area contributed by atoms with Gasteiger partial charge in [0.2, 0.25) is 0 Å². The second kappa shape index (κ2) is 5.57. The van der Waals surface area contributed by atoms with Crippen molar-refractivity contribution in [3.05, 3.63) is 22.4 Å². The monoisotopic (exact) mass is 277 g/mol. The van der Waals surface area contributed by atoms with Crippen molar-refractivity contribution in [2.75, 3.05) is 13.1 Å². The second-order valence-electron chi connectivity index (χ2n) is 7.27. The van der Waals surface area contributed by atoms with E-state index in [2.05, 4.69) is 36.7 Å². The first kappa shape index (κ1) is 13.6. The minimum absolute atomic E-state index is 0.618. The third-order valence-corrected chi connectivity index (χ3v) is 5.93. The second-order valence-corrected chi connectivity index (χ2v) is 8.30. The smallest absolute Gasteiger partial charge is 0.00454 e. The van der Waals surface area contributed by atoms with Gasteiger partial charge in [0, 0.05) is 11.4 Å². The van der Waals surface area contributed by atoms with E-state index in [0.717, 1.165) is 17.8 Å². The summed E-state index contributed by atoms with van der Waals surface area (Å²) in [6.45, 7) is 7.04. The molecule has 1 nitrogen and oxygen atoms in total. The molecule has 2 fully saturated rings. The van der Waals surface area contributed by atoms with Crippen LogP contribution in [0, 0.1) is 23.2 Å². The van der Waals surface area contributed by atoms with Crippen molar-refractivity contribution in [2.45, 2.75) is 46.0 Å². The zero-order valence-corrected chi connectivity index (χ0v) is 13.1. The summed E-state index contributed by atoms with van der Waals surface area (Å²) in [4.78, 5) is 1.57. The van der Waals surface area contributed by atoms with E-state index < -0.39 is 0 Å². The molecule has 1 N–H and O–H groups in total. The molecule has 1 aromatic rings. The van der Waals surface area contributed by atoms with Crippen LogP contribution in [0.4, 0.5) is 0 Å². The van der Waals surface area contributed by atoms with Gasteiger partial charge in [-0.25, -0.2) is 0 Å². The third kappa shape index (κ3) is 3.41. The quantitative estimate of drug-likeness (QED) is 0.781. The van der Waals surface area contributed by atoms with Crippen LogP contribution < -0.4 is 5.32 Å². The minimum atomic E-state index is 0.618. The lowest BCUT2D eigenvalue weighted by Crippen LogP contribution is -2.35. The molecule has 0 aromatic carbocycles. The Morgan fingerprint density at radius 2 is 2.16 bits per heavy atom. The van der Waals surface area contributed by atoms with E-state index in [1.165, 1.54) is 45.2 Å². The molecule has 2 atom stereocenters. The first-order valence-electron chi connectivity index (χ1n) is 7.90. The van der Waals surface area contributed by atoms with Gasteiger partial charge in [0.1, 0.15) is 0 Å². The van der Waals surface area contributed by atoms with Gasteiger partial charge in [0.15, 0.2) is 0 Å². The van der Waals surface area contributed by atoms with Crippen molar-refractivity contribution >= 4 is 11.3 Å². The fourth-order valence-electron chi connectivity index (χ4n) is 3.91. The van der Waals surface area contributed by atoms with Crippen LogP contribution in [0.2, 0.25) is 0 Å². The topological polar surface area (TPSA) is 12.0 Å². The number of nitrogens with one attached hydrogen (secondary N) is 1. The molecule has 0 bridgehead atoms. The Hall–Kier alpha value is -0.340. The molecule has 0 spiro atoms. The van der Waals surface area contributed by atoms with Gasteiger partial charge in [-0.3, -0.25) is 0 Å². The first-order valence-corrected chi connectivity index (χ1v) is 8.78. The van der Waals surface area contributed by atoms with Crippen molar-refractivity contribution in [3.63, 3.8) is 0 Å². The van der Waals surface area contributed by atoms with Crippen LogP contribution in [0.5, 0.6) is 0 Å². The fourth-order valence-corrected chi connectivity index (χ4v) is 4.62. The number of fused-ring (bicyclic) bond motifs is 1. The molecule has 2 heteroatoms. The molecule has 2 aliphatic carbocycles. The van der Waals surface area contributed by atoms with E-state index in [-0.39, 0.29) is 0 Å². The maximum atomic E-state index is 3.74. The normalized spacial score (nSPS) is 32.8. The van der Waals surface area contributed by atoms with Crippen molar-refractivity contribution < 1.29 is 0 Å². The van der Waals surface area contributed by atoms with E-state index in [0.29, 0.717) is 5.41 Å².